The van der Waals surface area contributed by atoms with Crippen molar-refractivity contribution >= 4 is 23.3 Å². The highest BCUT2D eigenvalue weighted by atomic mass is 16.4. The second-order valence-corrected chi connectivity index (χ2v) is 4.47. The van der Waals surface area contributed by atoms with Gasteiger partial charge in [-0.2, -0.15) is 0 Å². The highest BCUT2D eigenvalue weighted by Gasteiger charge is 2.31. The highest BCUT2D eigenvalue weighted by Crippen LogP contribution is 2.33. The second kappa shape index (κ2) is 4.12. The summed E-state index contributed by atoms with van der Waals surface area (Å²) in [5.41, 5.74) is 0.732. The van der Waals surface area contributed by atoms with Gasteiger partial charge in [0.05, 0.1) is 0 Å². The van der Waals surface area contributed by atoms with Crippen molar-refractivity contribution in [3.8, 4) is 0 Å². The Hall–Kier alpha value is -1.98. The SMILES string of the molecule is CC(C)C[C@H]1Nc2c(coc2C(=O)O)NC1=O. The molecular weight excluding hydrogens is 224 g/mol. The molecule has 0 aromatic carbocycles. The molecule has 0 radical (unpaired) electrons. The van der Waals surface area contributed by atoms with E-state index in [1.165, 1.54) is 6.26 Å². The van der Waals surface area contributed by atoms with Crippen LogP contribution >= 0.6 is 0 Å². The van der Waals surface area contributed by atoms with Gasteiger partial charge in [0.15, 0.2) is 0 Å². The van der Waals surface area contributed by atoms with Crippen molar-refractivity contribution in [1.82, 2.24) is 0 Å². The summed E-state index contributed by atoms with van der Waals surface area (Å²) in [6.45, 7) is 4.00. The molecule has 0 saturated carbocycles. The predicted octanol–water partition coefficient (Wildman–Crippen LogP) is 1.76. The number of hydrogen-bond acceptors (Lipinski definition) is 4. The molecule has 6 nitrogen and oxygen atoms in total. The largest absolute Gasteiger partial charge is 0.475 e. The number of rotatable bonds is 3. The average Bonchev–Trinajstić information content (AvgIpc) is 2.60. The first kappa shape index (κ1) is 11.5. The van der Waals surface area contributed by atoms with Crippen LogP contribution in [-0.2, 0) is 4.79 Å². The van der Waals surface area contributed by atoms with Crippen molar-refractivity contribution in [3.05, 3.63) is 12.0 Å². The summed E-state index contributed by atoms with van der Waals surface area (Å²) in [6, 6.07) is -0.418. The van der Waals surface area contributed by atoms with Crippen LogP contribution < -0.4 is 10.6 Å². The van der Waals surface area contributed by atoms with Gasteiger partial charge in [-0.1, -0.05) is 13.8 Å². The maximum atomic E-state index is 11.7. The number of fused-ring (bicyclic) bond motifs is 1. The molecule has 2 rings (SSSR count). The predicted molar refractivity (Wildman–Crippen MR) is 61.2 cm³/mol. The van der Waals surface area contributed by atoms with Gasteiger partial charge in [-0.25, -0.2) is 4.79 Å². The Morgan fingerprint density at radius 1 is 1.59 bits per heavy atom. The first-order valence-electron chi connectivity index (χ1n) is 5.41. The summed E-state index contributed by atoms with van der Waals surface area (Å²) in [4.78, 5) is 22.6. The van der Waals surface area contributed by atoms with Gasteiger partial charge in [-0.15, -0.1) is 0 Å². The van der Waals surface area contributed by atoms with Crippen molar-refractivity contribution < 1.29 is 19.1 Å². The van der Waals surface area contributed by atoms with Crippen LogP contribution in [0.3, 0.4) is 0 Å². The van der Waals surface area contributed by atoms with E-state index in [1.54, 1.807) is 0 Å². The van der Waals surface area contributed by atoms with Crippen LogP contribution in [-0.4, -0.2) is 23.0 Å². The molecule has 17 heavy (non-hydrogen) atoms. The summed E-state index contributed by atoms with van der Waals surface area (Å²) < 4.78 is 4.90. The van der Waals surface area contributed by atoms with Crippen molar-refractivity contribution in [1.29, 1.82) is 0 Å². The van der Waals surface area contributed by atoms with Gasteiger partial charge in [0, 0.05) is 0 Å². The Morgan fingerprint density at radius 2 is 2.29 bits per heavy atom. The van der Waals surface area contributed by atoms with Gasteiger partial charge < -0.3 is 20.2 Å². The topological polar surface area (TPSA) is 91.6 Å². The second-order valence-electron chi connectivity index (χ2n) is 4.47. The molecule has 0 bridgehead atoms. The summed E-state index contributed by atoms with van der Waals surface area (Å²) in [5, 5.41) is 14.5. The van der Waals surface area contributed by atoms with E-state index in [2.05, 4.69) is 10.6 Å². The van der Waals surface area contributed by atoms with E-state index >= 15 is 0 Å². The third-order valence-electron chi connectivity index (χ3n) is 2.59. The minimum absolute atomic E-state index is 0.163. The zero-order valence-electron chi connectivity index (χ0n) is 9.61. The Labute approximate surface area is 98.0 Å². The molecule has 6 heteroatoms. The fourth-order valence-corrected chi connectivity index (χ4v) is 1.85. The number of amides is 1. The number of aromatic carboxylic acids is 1. The molecule has 0 spiro atoms. The number of carbonyl (C=O) groups is 2. The smallest absolute Gasteiger partial charge is 0.374 e. The number of hydrogen-bond donors (Lipinski definition) is 3. The van der Waals surface area contributed by atoms with Crippen molar-refractivity contribution in [2.24, 2.45) is 5.92 Å². The van der Waals surface area contributed by atoms with Crippen LogP contribution in [0.5, 0.6) is 0 Å². The fourth-order valence-electron chi connectivity index (χ4n) is 1.85. The molecule has 0 fully saturated rings. The van der Waals surface area contributed by atoms with Gasteiger partial charge >= 0.3 is 5.97 Å². The standard InChI is InChI=1S/C11H14N2O4/c1-5(2)3-6-10(14)13-7-4-17-9(11(15)16)8(7)12-6/h4-6,12H,3H2,1-2H3,(H,13,14)(H,15,16)/t6-/m1/s1. The molecule has 1 aliphatic heterocycles. The molecular formula is C11H14N2O4. The molecule has 1 aromatic heterocycles. The highest BCUT2D eigenvalue weighted by molar-refractivity contribution is 6.07. The number of nitrogens with one attached hydrogen (secondary N) is 2. The van der Waals surface area contributed by atoms with Crippen LogP contribution in [0.1, 0.15) is 30.8 Å². The third-order valence-corrected chi connectivity index (χ3v) is 2.59. The molecule has 0 unspecified atom stereocenters. The lowest BCUT2D eigenvalue weighted by Gasteiger charge is -2.25. The normalized spacial score (nSPS) is 18.5. The quantitative estimate of drug-likeness (QED) is 0.746. The fraction of sp³-hybridized carbons (Fsp3) is 0.455. The molecule has 1 amide bonds. The lowest BCUT2D eigenvalue weighted by Crippen LogP contribution is -2.39. The van der Waals surface area contributed by atoms with E-state index < -0.39 is 12.0 Å². The Morgan fingerprint density at radius 3 is 2.88 bits per heavy atom. The van der Waals surface area contributed by atoms with Gasteiger partial charge in [0.1, 0.15) is 23.7 Å². The van der Waals surface area contributed by atoms with Crippen molar-refractivity contribution in [2.45, 2.75) is 26.3 Å². The first-order chi connectivity index (χ1) is 7.99. The molecule has 3 N–H and O–H groups in total. The summed E-state index contributed by atoms with van der Waals surface area (Å²) >= 11 is 0. The van der Waals surface area contributed by atoms with E-state index in [0.29, 0.717) is 23.7 Å². The number of carboxylic acid groups (broad SMARTS) is 1. The Kier molecular flexibility index (Phi) is 2.79. The number of anilines is 2. The average molecular weight is 238 g/mol. The third kappa shape index (κ3) is 2.11. The minimum Gasteiger partial charge on any atom is -0.475 e. The molecule has 1 atom stereocenters. The molecule has 2 heterocycles. The molecule has 0 saturated heterocycles. The number of carbonyl (C=O) groups excluding carboxylic acids is 1. The zero-order chi connectivity index (χ0) is 12.6. The number of furan rings is 1. The Balaban J connectivity index is 2.28. The van der Waals surface area contributed by atoms with Gasteiger partial charge in [-0.3, -0.25) is 4.79 Å². The van der Waals surface area contributed by atoms with Crippen LogP contribution in [0.25, 0.3) is 0 Å². The van der Waals surface area contributed by atoms with Crippen molar-refractivity contribution in [2.75, 3.05) is 10.6 Å². The summed E-state index contributed by atoms with van der Waals surface area (Å²) in [5.74, 6) is -1.16. The van der Waals surface area contributed by atoms with E-state index in [0.717, 1.165) is 0 Å². The van der Waals surface area contributed by atoms with E-state index in [1.807, 2.05) is 13.8 Å². The van der Waals surface area contributed by atoms with Gasteiger partial charge in [0.25, 0.3) is 0 Å². The minimum atomic E-state index is -1.15. The molecule has 92 valence electrons. The lowest BCUT2D eigenvalue weighted by atomic mass is 10.0. The molecule has 1 aliphatic rings. The molecule has 1 aromatic rings. The maximum Gasteiger partial charge on any atom is 0.374 e. The van der Waals surface area contributed by atoms with Gasteiger partial charge in [-0.05, 0) is 12.3 Å². The van der Waals surface area contributed by atoms with E-state index in [9.17, 15) is 9.59 Å². The van der Waals surface area contributed by atoms with Gasteiger partial charge in [0.2, 0.25) is 11.7 Å². The van der Waals surface area contributed by atoms with Crippen molar-refractivity contribution in [3.63, 3.8) is 0 Å². The lowest BCUT2D eigenvalue weighted by molar-refractivity contribution is -0.117. The number of carboxylic acids is 1. The monoisotopic (exact) mass is 238 g/mol. The maximum absolute atomic E-state index is 11.7. The van der Waals surface area contributed by atoms with Crippen LogP contribution in [0.4, 0.5) is 11.4 Å². The zero-order valence-corrected chi connectivity index (χ0v) is 9.61. The van der Waals surface area contributed by atoms with Crippen LogP contribution in [0.15, 0.2) is 10.7 Å². The molecule has 0 aliphatic carbocycles. The van der Waals surface area contributed by atoms with E-state index in [-0.39, 0.29) is 11.7 Å². The van der Waals surface area contributed by atoms with Crippen LogP contribution in [0, 0.1) is 5.92 Å². The Bertz CT molecular complexity index is 464. The van der Waals surface area contributed by atoms with Crippen LogP contribution in [0.2, 0.25) is 0 Å². The summed E-state index contributed by atoms with van der Waals surface area (Å²) in [6.07, 6.45) is 1.87. The van der Waals surface area contributed by atoms with E-state index in [4.69, 9.17) is 9.52 Å². The first-order valence-corrected chi connectivity index (χ1v) is 5.41. The summed E-state index contributed by atoms with van der Waals surface area (Å²) in [7, 11) is 0.